The van der Waals surface area contributed by atoms with Crippen LogP contribution in [0, 0.1) is 13.8 Å². The first-order valence-electron chi connectivity index (χ1n) is 13.6. The highest BCUT2D eigenvalue weighted by atomic mass is 35.5. The van der Waals surface area contributed by atoms with Gasteiger partial charge in [-0.05, 0) is 98.9 Å². The quantitative estimate of drug-likeness (QED) is 0.0723. The summed E-state index contributed by atoms with van der Waals surface area (Å²) in [6.45, 7) is 21.7. The number of hydrogen-bond donors (Lipinski definition) is 5. The molecule has 18 heteroatoms. The van der Waals surface area contributed by atoms with E-state index < -0.39 is 35.2 Å². The summed E-state index contributed by atoms with van der Waals surface area (Å²) in [5.74, 6) is 1.89. The van der Waals surface area contributed by atoms with E-state index in [2.05, 4.69) is 17.5 Å². The van der Waals surface area contributed by atoms with Gasteiger partial charge in [0.05, 0.1) is 6.54 Å². The summed E-state index contributed by atoms with van der Waals surface area (Å²) in [4.78, 5) is 51.7. The second-order valence-corrected chi connectivity index (χ2v) is 12.7. The minimum Gasteiger partial charge on any atom is -0.507 e. The van der Waals surface area contributed by atoms with Crippen LogP contribution in [0.5, 0.6) is 5.75 Å². The van der Waals surface area contributed by atoms with Gasteiger partial charge in [0.2, 0.25) is 11.1 Å². The largest absolute Gasteiger partial charge is 0.507 e. The number of rotatable bonds is 4. The van der Waals surface area contributed by atoms with Crippen LogP contribution in [0.3, 0.4) is 0 Å². The highest BCUT2D eigenvalue weighted by Gasteiger charge is 2.19. The number of carbonyl (C=O) groups excluding carboxylic acids is 5. The Bertz CT molecular complexity index is 988. The molecule has 1 aromatic rings. The molecule has 0 aliphatic carbocycles. The van der Waals surface area contributed by atoms with E-state index in [9.17, 15) is 29.1 Å². The van der Waals surface area contributed by atoms with Crippen LogP contribution in [0.2, 0.25) is 0 Å². The Kier molecular flexibility index (Phi) is 39.7. The molecule has 1 rings (SSSR count). The van der Waals surface area contributed by atoms with Gasteiger partial charge in [-0.2, -0.15) is 0 Å². The van der Waals surface area contributed by atoms with Crippen molar-refractivity contribution >= 4 is 64.7 Å². The number of phenols is 1. The number of para-hydroxylation sites is 1. The topological polar surface area (TPSA) is 261 Å². The third kappa shape index (κ3) is 52.8. The summed E-state index contributed by atoms with van der Waals surface area (Å²) >= 11 is 9.82. The van der Waals surface area contributed by atoms with Gasteiger partial charge in [-0.25, -0.2) is 11.0 Å². The predicted octanol–water partition coefficient (Wildman–Crippen LogP) is 4.13. The SMILES string of the molecule is CC(=O)Cl.CC(=O)N(O)CC(=O)OC(C)(C)C.CC(C)(C)OC(=O)CCl.CC(C)(C)OC(=O)CN.Cc1cccc(C)c1O.Cl.NO.O. The maximum Gasteiger partial charge on any atom is 0.328 e. The van der Waals surface area contributed by atoms with Crippen LogP contribution in [0.4, 0.5) is 0 Å². The molecule has 1 aromatic carbocycles. The van der Waals surface area contributed by atoms with Crippen LogP contribution in [0.25, 0.3) is 0 Å². The van der Waals surface area contributed by atoms with E-state index in [1.54, 1.807) is 62.3 Å². The van der Waals surface area contributed by atoms with Crippen molar-refractivity contribution in [2.75, 3.05) is 19.0 Å². The number of hydrogen-bond acceptors (Lipinski definition) is 13. The fraction of sp³-hybridized carbons (Fsp3) is 0.633. The Morgan fingerprint density at radius 2 is 1.06 bits per heavy atom. The number of ether oxygens (including phenoxy) is 3. The first kappa shape index (κ1) is 60.6. The van der Waals surface area contributed by atoms with Crippen molar-refractivity contribution in [2.24, 2.45) is 11.6 Å². The zero-order chi connectivity index (χ0) is 38.1. The van der Waals surface area contributed by atoms with Gasteiger partial charge >= 0.3 is 17.9 Å². The molecule has 0 atom stereocenters. The molecule has 286 valence electrons. The summed E-state index contributed by atoms with van der Waals surface area (Å²) in [7, 11) is 0. The molecular weight excluding hydrogens is 701 g/mol. The van der Waals surface area contributed by atoms with Gasteiger partial charge in [0.15, 0.2) is 0 Å². The van der Waals surface area contributed by atoms with Crippen LogP contribution in [0.15, 0.2) is 18.2 Å². The number of nitrogens with zero attached hydrogens (tertiary/aromatic N) is 1. The Morgan fingerprint density at radius 3 is 1.25 bits per heavy atom. The zero-order valence-corrected chi connectivity index (χ0v) is 32.6. The molecule has 0 radical (unpaired) electrons. The molecule has 0 saturated carbocycles. The summed E-state index contributed by atoms with van der Waals surface area (Å²) in [6.07, 6.45) is 0. The second-order valence-electron chi connectivity index (χ2n) is 11.9. The number of aromatic hydroxyl groups is 1. The summed E-state index contributed by atoms with van der Waals surface area (Å²) in [6, 6.07) is 5.72. The highest BCUT2D eigenvalue weighted by molar-refractivity contribution is 6.62. The van der Waals surface area contributed by atoms with E-state index in [0.717, 1.165) is 18.1 Å². The lowest BCUT2D eigenvalue weighted by Crippen LogP contribution is -2.35. The van der Waals surface area contributed by atoms with E-state index in [4.69, 9.17) is 42.0 Å². The van der Waals surface area contributed by atoms with E-state index >= 15 is 0 Å². The van der Waals surface area contributed by atoms with Crippen molar-refractivity contribution in [3.63, 3.8) is 0 Å². The van der Waals surface area contributed by atoms with Crippen molar-refractivity contribution in [1.29, 1.82) is 0 Å². The van der Waals surface area contributed by atoms with Crippen molar-refractivity contribution in [2.45, 2.75) is 107 Å². The lowest BCUT2D eigenvalue weighted by atomic mass is 10.1. The third-order valence-electron chi connectivity index (χ3n) is 3.62. The summed E-state index contributed by atoms with van der Waals surface area (Å²) < 4.78 is 14.5. The van der Waals surface area contributed by atoms with Crippen LogP contribution in [0.1, 0.15) is 87.3 Å². The molecule has 0 aromatic heterocycles. The van der Waals surface area contributed by atoms with E-state index in [-0.39, 0.29) is 47.5 Å². The number of halogens is 3. The van der Waals surface area contributed by atoms with E-state index in [0.29, 0.717) is 10.8 Å². The van der Waals surface area contributed by atoms with Gasteiger partial charge in [-0.3, -0.25) is 29.2 Å². The van der Waals surface area contributed by atoms with Gasteiger partial charge < -0.3 is 35.7 Å². The van der Waals surface area contributed by atoms with Crippen molar-refractivity contribution in [3.05, 3.63) is 29.3 Å². The molecule has 0 aliphatic heterocycles. The molecule has 0 spiro atoms. The minimum absolute atomic E-state index is 0. The van der Waals surface area contributed by atoms with Crippen molar-refractivity contribution in [1.82, 2.24) is 5.06 Å². The molecule has 9 N–H and O–H groups in total. The average molecular weight is 759 g/mol. The summed E-state index contributed by atoms with van der Waals surface area (Å²) in [5.41, 5.74) is 5.46. The Balaban J connectivity index is -0.0000000881. The van der Waals surface area contributed by atoms with Crippen molar-refractivity contribution < 1.29 is 59.2 Å². The number of alkyl halides is 1. The molecular formula is C30H58Cl3N3O12. The number of carbonyl (C=O) groups is 5. The molecule has 0 saturated heterocycles. The molecule has 0 bridgehead atoms. The second kappa shape index (κ2) is 31.5. The normalized spacial score (nSPS) is 9.56. The molecule has 0 fully saturated rings. The number of aryl methyl sites for hydroxylation is 2. The monoisotopic (exact) mass is 757 g/mol. The maximum absolute atomic E-state index is 11.0. The molecule has 0 aliphatic rings. The lowest BCUT2D eigenvalue weighted by molar-refractivity contribution is -0.179. The van der Waals surface area contributed by atoms with Crippen LogP contribution < -0.4 is 11.6 Å². The predicted molar refractivity (Wildman–Crippen MR) is 187 cm³/mol. The fourth-order valence-electron chi connectivity index (χ4n) is 2.17. The molecule has 1 amide bonds. The van der Waals surface area contributed by atoms with Gasteiger partial charge in [0, 0.05) is 13.8 Å². The number of amides is 1. The first-order chi connectivity index (χ1) is 20.6. The maximum atomic E-state index is 11.0. The number of benzene rings is 1. The molecule has 0 unspecified atom stereocenters. The molecule has 15 nitrogen and oxygen atoms in total. The Labute approximate surface area is 300 Å². The summed E-state index contributed by atoms with van der Waals surface area (Å²) in [5, 5.41) is 24.5. The zero-order valence-electron chi connectivity index (χ0n) is 30.2. The Hall–Kier alpha value is -2.76. The third-order valence-corrected chi connectivity index (χ3v) is 3.84. The van der Waals surface area contributed by atoms with E-state index in [1.807, 2.05) is 32.0 Å². The number of nitrogens with two attached hydrogens (primary N) is 2. The lowest BCUT2D eigenvalue weighted by Gasteiger charge is -2.21. The van der Waals surface area contributed by atoms with Gasteiger partial charge in [0.25, 0.3) is 0 Å². The van der Waals surface area contributed by atoms with Crippen LogP contribution >= 0.6 is 35.6 Å². The van der Waals surface area contributed by atoms with Gasteiger partial charge in [-0.1, -0.05) is 18.2 Å². The number of esters is 3. The van der Waals surface area contributed by atoms with Crippen molar-refractivity contribution in [3.8, 4) is 5.75 Å². The highest BCUT2D eigenvalue weighted by Crippen LogP contribution is 2.19. The van der Waals surface area contributed by atoms with E-state index in [1.165, 1.54) is 6.92 Å². The smallest absolute Gasteiger partial charge is 0.328 e. The average Bonchev–Trinajstić information content (AvgIpc) is 2.86. The number of phenolic OH excluding ortho intramolecular Hbond substituents is 1. The minimum atomic E-state index is -0.634. The Morgan fingerprint density at radius 1 is 0.771 bits per heavy atom. The fourth-order valence-corrected chi connectivity index (χ4v) is 2.22. The molecule has 48 heavy (non-hydrogen) atoms. The van der Waals surface area contributed by atoms with Gasteiger partial charge in [0.1, 0.15) is 35.0 Å². The first-order valence-corrected chi connectivity index (χ1v) is 14.5. The van der Waals surface area contributed by atoms with Crippen LogP contribution in [-0.4, -0.2) is 90.9 Å². The van der Waals surface area contributed by atoms with Crippen LogP contribution in [-0.2, 0) is 38.2 Å². The standard InChI is InChI=1S/C8H15NO4.C8H10O.C6H11ClO2.C6H13NO2.C2H3ClO.ClH.H3NO.H2O/c1-6(10)9(12)5-7(11)13-8(2,3)4;1-6-4-3-5-7(2)8(6)9;2*1-6(2,3)9-5(8)4-7;1-2(3)4;;1-2;/h12H,5H2,1-4H3;3-5,9H,1-2H3;4H2,1-3H3;4,7H2,1-3H3;1H3;1H;2H,1H2;1H2. The molecule has 0 heterocycles. The van der Waals surface area contributed by atoms with Gasteiger partial charge in [-0.15, -0.1) is 24.0 Å². The number of hydroxylamine groups is 2.